The van der Waals surface area contributed by atoms with Crippen LogP contribution < -0.4 is 10.2 Å². The number of fused-ring (bicyclic) bond motifs is 1. The van der Waals surface area contributed by atoms with Crippen LogP contribution in [-0.4, -0.2) is 30.7 Å². The van der Waals surface area contributed by atoms with Crippen LogP contribution in [0.3, 0.4) is 0 Å². The van der Waals surface area contributed by atoms with Crippen LogP contribution in [0, 0.1) is 11.8 Å². The van der Waals surface area contributed by atoms with Gasteiger partial charge in [-0.1, -0.05) is 6.92 Å². The van der Waals surface area contributed by atoms with E-state index in [1.807, 2.05) is 6.20 Å². The number of hydrogen-bond acceptors (Lipinski definition) is 3. The number of hydrogen-bond donors (Lipinski definition) is 1. The van der Waals surface area contributed by atoms with Gasteiger partial charge in [-0.25, -0.2) is 4.98 Å². The van der Waals surface area contributed by atoms with Crippen molar-refractivity contribution in [1.29, 1.82) is 0 Å². The molecule has 2 fully saturated rings. The highest BCUT2D eigenvalue weighted by atomic mass is 79.9. The van der Waals surface area contributed by atoms with E-state index in [0.29, 0.717) is 6.04 Å². The molecule has 0 saturated carbocycles. The van der Waals surface area contributed by atoms with Gasteiger partial charge in [-0.15, -0.1) is 0 Å². The molecule has 2 saturated heterocycles. The molecular weight excluding hydrogens is 358 g/mol. The van der Waals surface area contributed by atoms with Crippen molar-refractivity contribution in [3.63, 3.8) is 0 Å². The molecule has 98 valence electrons. The quantitative estimate of drug-likeness (QED) is 0.862. The first-order chi connectivity index (χ1) is 8.70. The van der Waals surface area contributed by atoms with Gasteiger partial charge in [0.2, 0.25) is 0 Å². The highest BCUT2D eigenvalue weighted by molar-refractivity contribution is 9.11. The third kappa shape index (κ3) is 2.10. The van der Waals surface area contributed by atoms with E-state index in [1.165, 1.54) is 6.42 Å². The lowest BCUT2D eigenvalue weighted by molar-refractivity contribution is 0.441. The molecule has 3 nitrogen and oxygen atoms in total. The molecule has 2 aliphatic heterocycles. The largest absolute Gasteiger partial charge is 0.352 e. The van der Waals surface area contributed by atoms with E-state index in [1.54, 1.807) is 0 Å². The lowest BCUT2D eigenvalue weighted by Gasteiger charge is -2.28. The summed E-state index contributed by atoms with van der Waals surface area (Å²) in [7, 11) is 0. The summed E-state index contributed by atoms with van der Waals surface area (Å²) in [6.07, 6.45) is 3.08. The Morgan fingerprint density at radius 2 is 2.28 bits per heavy atom. The second-order valence-corrected chi connectivity index (χ2v) is 6.94. The van der Waals surface area contributed by atoms with Gasteiger partial charge < -0.3 is 10.2 Å². The Labute approximate surface area is 125 Å². The Hall–Kier alpha value is -0.130. The molecule has 0 spiro atoms. The normalized spacial score (nSPS) is 30.8. The molecule has 0 bridgehead atoms. The van der Waals surface area contributed by atoms with Crippen LogP contribution in [0.25, 0.3) is 0 Å². The molecule has 2 aliphatic rings. The molecule has 0 aliphatic carbocycles. The number of halogens is 2. The molecule has 1 N–H and O–H groups in total. The van der Waals surface area contributed by atoms with Crippen molar-refractivity contribution in [3.8, 4) is 0 Å². The van der Waals surface area contributed by atoms with E-state index in [0.717, 1.165) is 46.2 Å². The first kappa shape index (κ1) is 12.9. The van der Waals surface area contributed by atoms with Crippen LogP contribution in [0.2, 0.25) is 0 Å². The van der Waals surface area contributed by atoms with Gasteiger partial charge in [-0.3, -0.25) is 0 Å². The summed E-state index contributed by atoms with van der Waals surface area (Å²) < 4.78 is 2.11. The smallest absolute Gasteiger partial charge is 0.143 e. The molecular formula is C13H17Br2N3. The van der Waals surface area contributed by atoms with Gasteiger partial charge in [0, 0.05) is 36.3 Å². The number of anilines is 1. The Bertz CT molecular complexity index is 452. The monoisotopic (exact) mass is 373 g/mol. The molecule has 0 aromatic carbocycles. The summed E-state index contributed by atoms with van der Waals surface area (Å²) in [6.45, 7) is 5.73. The van der Waals surface area contributed by atoms with Crippen molar-refractivity contribution in [1.82, 2.24) is 10.3 Å². The topological polar surface area (TPSA) is 28.2 Å². The van der Waals surface area contributed by atoms with Crippen molar-refractivity contribution in [2.24, 2.45) is 11.8 Å². The van der Waals surface area contributed by atoms with Gasteiger partial charge in [-0.2, -0.15) is 0 Å². The van der Waals surface area contributed by atoms with Crippen LogP contribution in [0.1, 0.15) is 13.3 Å². The van der Waals surface area contributed by atoms with Crippen molar-refractivity contribution >= 4 is 37.7 Å². The van der Waals surface area contributed by atoms with E-state index in [9.17, 15) is 0 Å². The van der Waals surface area contributed by atoms with Crippen molar-refractivity contribution in [3.05, 3.63) is 21.2 Å². The van der Waals surface area contributed by atoms with Crippen LogP contribution >= 0.6 is 31.9 Å². The van der Waals surface area contributed by atoms with Gasteiger partial charge in [0.25, 0.3) is 0 Å². The highest BCUT2D eigenvalue weighted by Crippen LogP contribution is 2.39. The molecule has 3 unspecified atom stereocenters. The lowest BCUT2D eigenvalue weighted by atomic mass is 9.93. The molecule has 5 heteroatoms. The highest BCUT2D eigenvalue weighted by Gasteiger charge is 2.44. The Balaban J connectivity index is 1.91. The van der Waals surface area contributed by atoms with E-state index >= 15 is 0 Å². The predicted octanol–water partition coefficient (Wildman–Crippen LogP) is 3.04. The summed E-state index contributed by atoms with van der Waals surface area (Å²) >= 11 is 7.11. The van der Waals surface area contributed by atoms with Crippen molar-refractivity contribution in [2.45, 2.75) is 19.4 Å². The first-order valence-electron chi connectivity index (χ1n) is 6.49. The molecule has 0 radical (unpaired) electrons. The number of aromatic nitrogens is 1. The van der Waals surface area contributed by atoms with Gasteiger partial charge in [0.05, 0.1) is 4.47 Å². The van der Waals surface area contributed by atoms with Crippen molar-refractivity contribution in [2.75, 3.05) is 24.5 Å². The fourth-order valence-corrected chi connectivity index (χ4v) is 4.62. The molecule has 1 aromatic rings. The average molecular weight is 375 g/mol. The molecule has 3 rings (SSSR count). The number of rotatable bonds is 2. The number of pyridine rings is 1. The zero-order valence-electron chi connectivity index (χ0n) is 10.4. The maximum Gasteiger partial charge on any atom is 0.143 e. The Morgan fingerprint density at radius 1 is 1.44 bits per heavy atom. The van der Waals surface area contributed by atoms with Crippen LogP contribution in [0.4, 0.5) is 5.82 Å². The first-order valence-corrected chi connectivity index (χ1v) is 8.07. The number of nitrogens with one attached hydrogen (secondary N) is 1. The summed E-state index contributed by atoms with van der Waals surface area (Å²) in [5, 5.41) is 3.52. The standard InChI is InChI=1S/C13H17Br2N3/c1-2-12-10-6-16-4-8(10)7-18(12)13-11(15)3-9(14)5-17-13/h3,5,8,10,12,16H,2,4,6-7H2,1H3. The van der Waals surface area contributed by atoms with E-state index in [4.69, 9.17) is 0 Å². The van der Waals surface area contributed by atoms with E-state index in [-0.39, 0.29) is 0 Å². The molecule has 18 heavy (non-hydrogen) atoms. The van der Waals surface area contributed by atoms with Crippen molar-refractivity contribution < 1.29 is 0 Å². The second kappa shape index (κ2) is 5.10. The fraction of sp³-hybridized carbons (Fsp3) is 0.615. The zero-order valence-corrected chi connectivity index (χ0v) is 13.5. The maximum absolute atomic E-state index is 4.60. The minimum atomic E-state index is 0.620. The third-order valence-corrected chi connectivity index (χ3v) is 5.21. The molecule has 3 atom stereocenters. The lowest BCUT2D eigenvalue weighted by Crippen LogP contribution is -2.35. The van der Waals surface area contributed by atoms with E-state index < -0.39 is 0 Å². The third-order valence-electron chi connectivity index (χ3n) is 4.20. The van der Waals surface area contributed by atoms with Crippen LogP contribution in [0.5, 0.6) is 0 Å². The van der Waals surface area contributed by atoms with Crippen LogP contribution in [0.15, 0.2) is 21.2 Å². The van der Waals surface area contributed by atoms with E-state index in [2.05, 4.69) is 60.1 Å². The van der Waals surface area contributed by atoms with Gasteiger partial charge in [0.1, 0.15) is 5.82 Å². The van der Waals surface area contributed by atoms with Gasteiger partial charge in [-0.05, 0) is 56.2 Å². The van der Waals surface area contributed by atoms with Gasteiger partial charge in [0.15, 0.2) is 0 Å². The zero-order chi connectivity index (χ0) is 12.7. The van der Waals surface area contributed by atoms with Crippen LogP contribution in [-0.2, 0) is 0 Å². The minimum absolute atomic E-state index is 0.620. The SMILES string of the molecule is CCC1C2CNCC2CN1c1ncc(Br)cc1Br. The Kier molecular flexibility index (Phi) is 3.65. The predicted molar refractivity (Wildman–Crippen MR) is 80.9 cm³/mol. The maximum atomic E-state index is 4.60. The Morgan fingerprint density at radius 3 is 3.00 bits per heavy atom. The molecule has 3 heterocycles. The molecule has 0 amide bonds. The fourth-order valence-electron chi connectivity index (χ4n) is 3.41. The summed E-state index contributed by atoms with van der Waals surface area (Å²) in [5.74, 6) is 2.67. The molecule has 1 aromatic heterocycles. The number of nitrogens with zero attached hydrogens (tertiary/aromatic N) is 2. The average Bonchev–Trinajstić information content (AvgIpc) is 2.88. The summed E-state index contributed by atoms with van der Waals surface area (Å²) in [5.41, 5.74) is 0. The van der Waals surface area contributed by atoms with Gasteiger partial charge >= 0.3 is 0 Å². The summed E-state index contributed by atoms with van der Waals surface area (Å²) in [4.78, 5) is 7.09. The second-order valence-electron chi connectivity index (χ2n) is 5.17. The summed E-state index contributed by atoms with van der Waals surface area (Å²) in [6, 6.07) is 2.71. The minimum Gasteiger partial charge on any atom is -0.352 e.